The van der Waals surface area contributed by atoms with Crippen molar-refractivity contribution in [2.24, 2.45) is 0 Å². The fraction of sp³-hybridized carbons (Fsp3) is 0.0588. The molecule has 1 heterocycles. The number of nitrogens with one attached hydrogen (secondary N) is 2. The van der Waals surface area contributed by atoms with E-state index in [1.165, 1.54) is 0 Å². The minimum Gasteiger partial charge on any atom is -0.508 e. The lowest BCUT2D eigenvalue weighted by atomic mass is 10.1. The van der Waals surface area contributed by atoms with Crippen molar-refractivity contribution in [3.05, 3.63) is 60.8 Å². The minimum atomic E-state index is 0.226. The first-order chi connectivity index (χ1) is 10.7. The van der Waals surface area contributed by atoms with Crippen LogP contribution in [0.3, 0.4) is 0 Å². The van der Waals surface area contributed by atoms with Gasteiger partial charge in [-0.2, -0.15) is 0 Å². The van der Waals surface area contributed by atoms with Crippen LogP contribution in [0.15, 0.2) is 60.8 Å². The average molecular weight is 292 g/mol. The van der Waals surface area contributed by atoms with Crippen molar-refractivity contribution in [3.63, 3.8) is 0 Å². The third-order valence-electron chi connectivity index (χ3n) is 3.23. The molecule has 0 unspecified atom stereocenters. The fourth-order valence-corrected chi connectivity index (χ4v) is 2.09. The van der Waals surface area contributed by atoms with E-state index in [2.05, 4.69) is 20.6 Å². The zero-order valence-corrected chi connectivity index (χ0v) is 12.1. The van der Waals surface area contributed by atoms with E-state index in [0.717, 1.165) is 22.6 Å². The Balaban J connectivity index is 1.87. The summed E-state index contributed by atoms with van der Waals surface area (Å²) in [7, 11) is 1.89. The van der Waals surface area contributed by atoms with E-state index in [1.54, 1.807) is 30.5 Å². The van der Waals surface area contributed by atoms with Gasteiger partial charge in [-0.15, -0.1) is 0 Å². The maximum Gasteiger partial charge on any atom is 0.227 e. The third-order valence-corrected chi connectivity index (χ3v) is 3.23. The zero-order valence-electron chi connectivity index (χ0n) is 12.1. The Kier molecular flexibility index (Phi) is 3.87. The second-order valence-corrected chi connectivity index (χ2v) is 4.77. The molecule has 0 aliphatic heterocycles. The van der Waals surface area contributed by atoms with Crippen LogP contribution in [0, 0.1) is 0 Å². The minimum absolute atomic E-state index is 0.226. The second-order valence-electron chi connectivity index (χ2n) is 4.77. The molecule has 0 fully saturated rings. The van der Waals surface area contributed by atoms with E-state index in [-0.39, 0.29) is 5.75 Å². The van der Waals surface area contributed by atoms with Gasteiger partial charge in [0.25, 0.3) is 0 Å². The number of aromatic nitrogens is 2. The Labute approximate surface area is 128 Å². The number of hydrogen-bond acceptors (Lipinski definition) is 5. The molecule has 0 aliphatic carbocycles. The van der Waals surface area contributed by atoms with Gasteiger partial charge in [0.2, 0.25) is 5.95 Å². The maximum atomic E-state index is 9.30. The zero-order chi connectivity index (χ0) is 15.4. The van der Waals surface area contributed by atoms with Gasteiger partial charge in [-0.05, 0) is 42.5 Å². The molecule has 5 heteroatoms. The molecule has 0 atom stereocenters. The van der Waals surface area contributed by atoms with Gasteiger partial charge in [-0.25, -0.2) is 9.97 Å². The lowest BCUT2D eigenvalue weighted by molar-refractivity contribution is 0.475. The van der Waals surface area contributed by atoms with Crippen LogP contribution in [-0.4, -0.2) is 22.1 Å². The summed E-state index contributed by atoms with van der Waals surface area (Å²) in [6, 6.07) is 16.7. The van der Waals surface area contributed by atoms with Crippen LogP contribution in [0.4, 0.5) is 17.3 Å². The van der Waals surface area contributed by atoms with Gasteiger partial charge >= 0.3 is 0 Å². The van der Waals surface area contributed by atoms with E-state index in [0.29, 0.717) is 5.95 Å². The lowest BCUT2D eigenvalue weighted by Crippen LogP contribution is -1.98. The molecule has 22 heavy (non-hydrogen) atoms. The van der Waals surface area contributed by atoms with Gasteiger partial charge in [-0.1, -0.05) is 12.1 Å². The molecule has 5 nitrogen and oxygen atoms in total. The molecule has 0 saturated heterocycles. The summed E-state index contributed by atoms with van der Waals surface area (Å²) in [5.74, 6) is 0.738. The molecule has 3 aromatic rings. The number of aromatic hydroxyl groups is 1. The van der Waals surface area contributed by atoms with Gasteiger partial charge in [-0.3, -0.25) is 0 Å². The van der Waals surface area contributed by atoms with Crippen molar-refractivity contribution in [2.45, 2.75) is 0 Å². The Morgan fingerprint density at radius 3 is 2.55 bits per heavy atom. The van der Waals surface area contributed by atoms with Gasteiger partial charge in [0.05, 0.1) is 5.69 Å². The number of hydrogen-bond donors (Lipinski definition) is 3. The molecule has 110 valence electrons. The first-order valence-corrected chi connectivity index (χ1v) is 6.92. The topological polar surface area (TPSA) is 70.1 Å². The van der Waals surface area contributed by atoms with Crippen LogP contribution in [0.1, 0.15) is 0 Å². The highest BCUT2D eigenvalue weighted by Gasteiger charge is 2.03. The van der Waals surface area contributed by atoms with Crippen molar-refractivity contribution in [1.29, 1.82) is 0 Å². The van der Waals surface area contributed by atoms with Gasteiger partial charge in [0.15, 0.2) is 0 Å². The van der Waals surface area contributed by atoms with Gasteiger partial charge in [0.1, 0.15) is 5.75 Å². The summed E-state index contributed by atoms with van der Waals surface area (Å²) >= 11 is 0. The monoisotopic (exact) mass is 292 g/mol. The van der Waals surface area contributed by atoms with Crippen LogP contribution >= 0.6 is 0 Å². The van der Waals surface area contributed by atoms with Crippen molar-refractivity contribution >= 4 is 17.3 Å². The third kappa shape index (κ3) is 3.15. The van der Waals surface area contributed by atoms with E-state index in [9.17, 15) is 5.11 Å². The summed E-state index contributed by atoms with van der Waals surface area (Å²) < 4.78 is 0. The van der Waals surface area contributed by atoms with Crippen molar-refractivity contribution < 1.29 is 5.11 Å². The number of phenolic OH excluding ortho intramolecular Hbond substituents is 1. The van der Waals surface area contributed by atoms with E-state index < -0.39 is 0 Å². The molecule has 0 radical (unpaired) electrons. The number of rotatable bonds is 4. The summed E-state index contributed by atoms with van der Waals surface area (Å²) in [5.41, 5.74) is 3.71. The molecule has 0 aliphatic rings. The Hall–Kier alpha value is -3.08. The molecule has 1 aromatic heterocycles. The normalized spacial score (nSPS) is 10.2. The molecule has 2 aromatic carbocycles. The summed E-state index contributed by atoms with van der Waals surface area (Å²) in [5, 5.41) is 15.5. The molecule has 3 rings (SSSR count). The van der Waals surface area contributed by atoms with Crippen LogP contribution in [0.2, 0.25) is 0 Å². The molecule has 0 bridgehead atoms. The van der Waals surface area contributed by atoms with E-state index >= 15 is 0 Å². The van der Waals surface area contributed by atoms with Crippen molar-refractivity contribution in [3.8, 4) is 17.0 Å². The summed E-state index contributed by atoms with van der Waals surface area (Å²) in [6.07, 6.45) is 1.72. The van der Waals surface area contributed by atoms with Crippen LogP contribution in [0.5, 0.6) is 5.75 Å². The summed E-state index contributed by atoms with van der Waals surface area (Å²) in [6.45, 7) is 0. The highest BCUT2D eigenvalue weighted by molar-refractivity contribution is 5.66. The van der Waals surface area contributed by atoms with Crippen molar-refractivity contribution in [1.82, 2.24) is 9.97 Å². The predicted octanol–water partition coefficient (Wildman–Crippen LogP) is 3.63. The highest BCUT2D eigenvalue weighted by Crippen LogP contribution is 2.22. The Morgan fingerprint density at radius 1 is 0.955 bits per heavy atom. The average Bonchev–Trinajstić information content (AvgIpc) is 2.57. The van der Waals surface area contributed by atoms with Crippen LogP contribution in [-0.2, 0) is 0 Å². The Morgan fingerprint density at radius 2 is 1.77 bits per heavy atom. The largest absolute Gasteiger partial charge is 0.508 e. The standard InChI is InChI=1S/C17H16N4O/c1-18-14-4-2-3-12(11-14)16-9-10-19-17(21-16)20-13-5-7-15(22)8-6-13/h2-11,18,22H,1H3,(H,19,20,21). The predicted molar refractivity (Wildman–Crippen MR) is 88.4 cm³/mol. The summed E-state index contributed by atoms with van der Waals surface area (Å²) in [4.78, 5) is 8.75. The number of phenols is 1. The Bertz CT molecular complexity index is 772. The highest BCUT2D eigenvalue weighted by atomic mass is 16.3. The van der Waals surface area contributed by atoms with E-state index in [1.807, 2.05) is 37.4 Å². The van der Waals surface area contributed by atoms with Crippen molar-refractivity contribution in [2.75, 3.05) is 17.7 Å². The number of anilines is 3. The lowest BCUT2D eigenvalue weighted by Gasteiger charge is -2.08. The molecular weight excluding hydrogens is 276 g/mol. The second kappa shape index (κ2) is 6.13. The van der Waals surface area contributed by atoms with E-state index in [4.69, 9.17) is 0 Å². The fourth-order valence-electron chi connectivity index (χ4n) is 2.09. The maximum absolute atomic E-state index is 9.30. The smallest absolute Gasteiger partial charge is 0.227 e. The molecule has 3 N–H and O–H groups in total. The quantitative estimate of drug-likeness (QED) is 0.640. The van der Waals surface area contributed by atoms with Crippen LogP contribution < -0.4 is 10.6 Å². The van der Waals surface area contributed by atoms with Crippen LogP contribution in [0.25, 0.3) is 11.3 Å². The molecule has 0 saturated carbocycles. The van der Waals surface area contributed by atoms with Gasteiger partial charge in [0, 0.05) is 30.2 Å². The molecule has 0 amide bonds. The first kappa shape index (κ1) is 13.9. The molecular formula is C17H16N4O. The molecule has 0 spiro atoms. The SMILES string of the molecule is CNc1cccc(-c2ccnc(Nc3ccc(O)cc3)n2)c1. The van der Waals surface area contributed by atoms with Gasteiger partial charge < -0.3 is 15.7 Å². The number of benzene rings is 2. The number of nitrogens with zero attached hydrogens (tertiary/aromatic N) is 2. The first-order valence-electron chi connectivity index (χ1n) is 6.92.